The van der Waals surface area contributed by atoms with Gasteiger partial charge in [0.05, 0.1) is 11.2 Å². The van der Waals surface area contributed by atoms with Gasteiger partial charge in [-0.15, -0.1) is 0 Å². The van der Waals surface area contributed by atoms with Crippen molar-refractivity contribution in [2.75, 3.05) is 0 Å². The predicted molar refractivity (Wildman–Crippen MR) is 93.5 cm³/mol. The molecule has 2 nitrogen and oxygen atoms in total. The summed E-state index contributed by atoms with van der Waals surface area (Å²) in [5.74, 6) is -0.237. The fourth-order valence-electron chi connectivity index (χ4n) is 3.06. The molecular formula is C20H18F4N2. The van der Waals surface area contributed by atoms with Crippen LogP contribution in [-0.2, 0) is 6.42 Å². The Morgan fingerprint density at radius 3 is 2.38 bits per heavy atom. The van der Waals surface area contributed by atoms with E-state index in [1.807, 2.05) is 6.92 Å². The number of halogens is 4. The number of alkyl halides is 3. The van der Waals surface area contributed by atoms with Crippen molar-refractivity contribution in [2.24, 2.45) is 0 Å². The third kappa shape index (κ3) is 3.54. The standard InChI is InChI=1S/C20H18F4N2/c1-11-8-16(12(2)13(3)18(11)21)19-15-5-4-14(6-7-20(22,23)24)9-17(15)25-10-26-19/h4-5,8-10H,6-7H2,1-3H3. The lowest BCUT2D eigenvalue weighted by atomic mass is 9.94. The molecule has 6 heteroatoms. The molecule has 3 rings (SSSR count). The summed E-state index contributed by atoms with van der Waals surface area (Å²) in [6, 6.07) is 6.81. The van der Waals surface area contributed by atoms with Gasteiger partial charge in [-0.05, 0) is 61.6 Å². The Balaban J connectivity index is 2.09. The average molecular weight is 362 g/mol. The van der Waals surface area contributed by atoms with E-state index in [9.17, 15) is 17.6 Å². The molecule has 2 aromatic carbocycles. The van der Waals surface area contributed by atoms with Gasteiger partial charge in [-0.1, -0.05) is 12.1 Å². The lowest BCUT2D eigenvalue weighted by Gasteiger charge is -2.14. The summed E-state index contributed by atoms with van der Waals surface area (Å²) in [6.45, 7) is 5.25. The lowest BCUT2D eigenvalue weighted by Crippen LogP contribution is -2.08. The first-order valence-corrected chi connectivity index (χ1v) is 8.24. The van der Waals surface area contributed by atoms with Crippen molar-refractivity contribution in [2.45, 2.75) is 39.8 Å². The Morgan fingerprint density at radius 2 is 1.69 bits per heavy atom. The lowest BCUT2D eigenvalue weighted by molar-refractivity contribution is -0.133. The van der Waals surface area contributed by atoms with Gasteiger partial charge in [0.25, 0.3) is 0 Å². The second-order valence-corrected chi connectivity index (χ2v) is 6.49. The van der Waals surface area contributed by atoms with Crippen LogP contribution in [0.5, 0.6) is 0 Å². The Labute approximate surface area is 148 Å². The van der Waals surface area contributed by atoms with Gasteiger partial charge in [0, 0.05) is 17.4 Å². The number of fused-ring (bicyclic) bond motifs is 1. The van der Waals surface area contributed by atoms with Gasteiger partial charge < -0.3 is 0 Å². The maximum Gasteiger partial charge on any atom is 0.389 e. The largest absolute Gasteiger partial charge is 0.389 e. The second kappa shape index (κ2) is 6.67. The van der Waals surface area contributed by atoms with Crippen LogP contribution >= 0.6 is 0 Å². The SMILES string of the molecule is Cc1cc(-c2ncnc3cc(CCC(F)(F)F)ccc23)c(C)c(C)c1F. The van der Waals surface area contributed by atoms with E-state index in [1.165, 1.54) is 6.33 Å². The van der Waals surface area contributed by atoms with Crippen molar-refractivity contribution in [1.29, 1.82) is 0 Å². The highest BCUT2D eigenvalue weighted by atomic mass is 19.4. The maximum absolute atomic E-state index is 14.1. The van der Waals surface area contributed by atoms with E-state index >= 15 is 0 Å². The molecule has 3 aromatic rings. The molecule has 0 aliphatic carbocycles. The number of hydrogen-bond acceptors (Lipinski definition) is 2. The number of hydrogen-bond donors (Lipinski definition) is 0. The molecule has 1 aromatic heterocycles. The number of nitrogens with zero attached hydrogens (tertiary/aromatic N) is 2. The Hall–Kier alpha value is -2.50. The van der Waals surface area contributed by atoms with Gasteiger partial charge in [0.1, 0.15) is 12.1 Å². The van der Waals surface area contributed by atoms with E-state index < -0.39 is 12.6 Å². The highest BCUT2D eigenvalue weighted by Crippen LogP contribution is 2.32. The first-order chi connectivity index (χ1) is 12.2. The van der Waals surface area contributed by atoms with E-state index in [2.05, 4.69) is 9.97 Å². The van der Waals surface area contributed by atoms with Gasteiger partial charge in [-0.25, -0.2) is 14.4 Å². The van der Waals surface area contributed by atoms with E-state index in [0.717, 1.165) is 16.5 Å². The van der Waals surface area contributed by atoms with Crippen LogP contribution < -0.4 is 0 Å². The molecule has 0 aliphatic rings. The van der Waals surface area contributed by atoms with E-state index in [4.69, 9.17) is 0 Å². The van der Waals surface area contributed by atoms with Crippen molar-refractivity contribution >= 4 is 10.9 Å². The van der Waals surface area contributed by atoms with Gasteiger partial charge in [-0.3, -0.25) is 0 Å². The third-order valence-corrected chi connectivity index (χ3v) is 4.66. The molecule has 0 aliphatic heterocycles. The minimum Gasteiger partial charge on any atom is -0.236 e. The van der Waals surface area contributed by atoms with Gasteiger partial charge in [0.15, 0.2) is 0 Å². The van der Waals surface area contributed by atoms with Crippen LogP contribution in [0.15, 0.2) is 30.6 Å². The Bertz CT molecular complexity index is 978. The zero-order valence-corrected chi connectivity index (χ0v) is 14.7. The summed E-state index contributed by atoms with van der Waals surface area (Å²) >= 11 is 0. The summed E-state index contributed by atoms with van der Waals surface area (Å²) in [5, 5.41) is 0.733. The monoisotopic (exact) mass is 362 g/mol. The zero-order chi connectivity index (χ0) is 19.1. The minimum absolute atomic E-state index is 0.0907. The average Bonchev–Trinajstić information content (AvgIpc) is 2.60. The van der Waals surface area contributed by atoms with E-state index in [1.54, 1.807) is 38.1 Å². The van der Waals surface area contributed by atoms with Crippen LogP contribution in [0.25, 0.3) is 22.2 Å². The smallest absolute Gasteiger partial charge is 0.236 e. The van der Waals surface area contributed by atoms with Gasteiger partial charge in [0.2, 0.25) is 0 Å². The summed E-state index contributed by atoms with van der Waals surface area (Å²) in [7, 11) is 0. The van der Waals surface area contributed by atoms with Gasteiger partial charge in [-0.2, -0.15) is 13.2 Å². The second-order valence-electron chi connectivity index (χ2n) is 6.49. The van der Waals surface area contributed by atoms with Gasteiger partial charge >= 0.3 is 6.18 Å². The molecule has 0 bridgehead atoms. The Morgan fingerprint density at radius 1 is 0.962 bits per heavy atom. The summed E-state index contributed by atoms with van der Waals surface area (Å²) in [4.78, 5) is 8.55. The summed E-state index contributed by atoms with van der Waals surface area (Å²) in [6.07, 6.45) is -3.76. The first kappa shape index (κ1) is 18.3. The maximum atomic E-state index is 14.1. The van der Waals surface area contributed by atoms with Crippen LogP contribution in [0.4, 0.5) is 17.6 Å². The summed E-state index contributed by atoms with van der Waals surface area (Å²) < 4.78 is 51.4. The van der Waals surface area contributed by atoms with Crippen molar-refractivity contribution in [1.82, 2.24) is 9.97 Å². The van der Waals surface area contributed by atoms with Crippen LogP contribution in [0.3, 0.4) is 0 Å². The fourth-order valence-corrected chi connectivity index (χ4v) is 3.06. The molecule has 0 saturated heterocycles. The minimum atomic E-state index is -4.19. The van der Waals surface area contributed by atoms with Crippen molar-refractivity contribution in [3.8, 4) is 11.3 Å². The molecule has 0 fully saturated rings. The highest BCUT2D eigenvalue weighted by molar-refractivity contribution is 5.93. The predicted octanol–water partition coefficient (Wildman–Crippen LogP) is 5.86. The Kier molecular flexibility index (Phi) is 4.69. The van der Waals surface area contributed by atoms with Crippen LogP contribution in [0.2, 0.25) is 0 Å². The van der Waals surface area contributed by atoms with Crippen LogP contribution in [0, 0.1) is 26.6 Å². The molecule has 0 saturated carbocycles. The molecule has 0 amide bonds. The number of aryl methyl sites for hydroxylation is 2. The number of benzene rings is 2. The molecule has 0 atom stereocenters. The molecular weight excluding hydrogens is 344 g/mol. The van der Waals surface area contributed by atoms with E-state index in [0.29, 0.717) is 27.9 Å². The van der Waals surface area contributed by atoms with Crippen LogP contribution in [-0.4, -0.2) is 16.1 Å². The first-order valence-electron chi connectivity index (χ1n) is 8.24. The molecule has 136 valence electrons. The third-order valence-electron chi connectivity index (χ3n) is 4.66. The number of aromatic nitrogens is 2. The molecule has 26 heavy (non-hydrogen) atoms. The molecule has 0 spiro atoms. The van der Waals surface area contributed by atoms with Crippen molar-refractivity contribution < 1.29 is 17.6 Å². The van der Waals surface area contributed by atoms with Crippen molar-refractivity contribution in [3.05, 3.63) is 58.7 Å². The fraction of sp³-hybridized carbons (Fsp3) is 0.300. The molecule has 0 radical (unpaired) electrons. The topological polar surface area (TPSA) is 25.8 Å². The normalized spacial score (nSPS) is 12.0. The van der Waals surface area contributed by atoms with E-state index in [-0.39, 0.29) is 12.2 Å². The quantitative estimate of drug-likeness (QED) is 0.546. The highest BCUT2D eigenvalue weighted by Gasteiger charge is 2.26. The van der Waals surface area contributed by atoms with Crippen molar-refractivity contribution in [3.63, 3.8) is 0 Å². The molecule has 0 unspecified atom stereocenters. The number of rotatable bonds is 3. The molecule has 1 heterocycles. The van der Waals surface area contributed by atoms with Crippen LogP contribution in [0.1, 0.15) is 28.7 Å². The molecule has 0 N–H and O–H groups in total. The zero-order valence-electron chi connectivity index (χ0n) is 14.7. The summed E-state index contributed by atoms with van der Waals surface area (Å²) in [5.41, 5.74) is 4.48.